The Labute approximate surface area is 142 Å². The Kier molecular flexibility index (Phi) is 4.87. The van der Waals surface area contributed by atoms with Gasteiger partial charge < -0.3 is 0 Å². The molecular weight excluding hydrogens is 328 g/mol. The number of benzene rings is 1. The van der Waals surface area contributed by atoms with Gasteiger partial charge in [-0.05, 0) is 53.4 Å². The number of hydrogen-bond donors (Lipinski definition) is 0. The maximum atomic E-state index is 12.9. The van der Waals surface area contributed by atoms with E-state index in [0.717, 1.165) is 30.8 Å². The summed E-state index contributed by atoms with van der Waals surface area (Å²) >= 11 is 1.70. The summed E-state index contributed by atoms with van der Waals surface area (Å²) in [6.07, 6.45) is 0. The zero-order valence-electron chi connectivity index (χ0n) is 13.5. The smallest absolute Gasteiger partial charge is 0.243 e. The van der Waals surface area contributed by atoms with E-state index in [1.807, 2.05) is 26.0 Å². The molecule has 0 unspecified atom stereocenters. The first kappa shape index (κ1) is 16.6. The Balaban J connectivity index is 1.70. The first-order valence-corrected chi connectivity index (χ1v) is 10.2. The fourth-order valence-electron chi connectivity index (χ4n) is 2.89. The molecule has 6 heteroatoms. The molecule has 0 N–H and O–H groups in total. The summed E-state index contributed by atoms with van der Waals surface area (Å²) in [5.74, 6) is 0. The minimum absolute atomic E-state index is 0.448. The van der Waals surface area contributed by atoms with Gasteiger partial charge in [0.2, 0.25) is 10.0 Å². The second kappa shape index (κ2) is 6.73. The van der Waals surface area contributed by atoms with Gasteiger partial charge in [-0.1, -0.05) is 12.1 Å². The Morgan fingerprint density at radius 2 is 1.83 bits per heavy atom. The van der Waals surface area contributed by atoms with Crippen LogP contribution < -0.4 is 0 Å². The van der Waals surface area contributed by atoms with Gasteiger partial charge in [0.15, 0.2) is 0 Å². The number of rotatable bonds is 4. The average molecular weight is 351 g/mol. The van der Waals surface area contributed by atoms with Crippen molar-refractivity contribution in [1.82, 2.24) is 9.21 Å². The van der Waals surface area contributed by atoms with Crippen molar-refractivity contribution in [3.8, 4) is 0 Å². The molecule has 1 fully saturated rings. The highest BCUT2D eigenvalue weighted by molar-refractivity contribution is 7.89. The molecule has 1 aromatic carbocycles. The monoisotopic (exact) mass is 350 g/mol. The van der Waals surface area contributed by atoms with Crippen LogP contribution in [0.15, 0.2) is 39.9 Å². The van der Waals surface area contributed by atoms with E-state index in [-0.39, 0.29) is 0 Å². The summed E-state index contributed by atoms with van der Waals surface area (Å²) in [5.41, 5.74) is 3.10. The van der Waals surface area contributed by atoms with Crippen LogP contribution in [0.4, 0.5) is 0 Å². The van der Waals surface area contributed by atoms with Crippen LogP contribution in [0.5, 0.6) is 0 Å². The normalized spacial score (nSPS) is 17.5. The van der Waals surface area contributed by atoms with Crippen LogP contribution in [0.1, 0.15) is 16.7 Å². The van der Waals surface area contributed by atoms with Crippen LogP contribution in [0, 0.1) is 13.8 Å². The topological polar surface area (TPSA) is 40.6 Å². The van der Waals surface area contributed by atoms with Crippen LogP contribution in [0.25, 0.3) is 0 Å². The lowest BCUT2D eigenvalue weighted by Crippen LogP contribution is -2.48. The minimum Gasteiger partial charge on any atom is -0.296 e. The molecule has 2 heterocycles. The molecule has 2 aromatic rings. The van der Waals surface area contributed by atoms with Gasteiger partial charge in [0, 0.05) is 32.7 Å². The molecule has 3 rings (SSSR count). The van der Waals surface area contributed by atoms with Crippen LogP contribution >= 0.6 is 11.3 Å². The Morgan fingerprint density at radius 1 is 1.09 bits per heavy atom. The highest BCUT2D eigenvalue weighted by Gasteiger charge is 2.29. The quantitative estimate of drug-likeness (QED) is 0.851. The van der Waals surface area contributed by atoms with E-state index >= 15 is 0 Å². The lowest BCUT2D eigenvalue weighted by molar-refractivity contribution is 0.182. The van der Waals surface area contributed by atoms with Crippen molar-refractivity contribution in [3.05, 3.63) is 51.7 Å². The number of nitrogens with zero attached hydrogens (tertiary/aromatic N) is 2. The average Bonchev–Trinajstić information content (AvgIpc) is 3.03. The largest absolute Gasteiger partial charge is 0.296 e. The maximum absolute atomic E-state index is 12.9. The number of aryl methyl sites for hydroxylation is 2. The summed E-state index contributed by atoms with van der Waals surface area (Å²) in [5, 5.41) is 4.23. The van der Waals surface area contributed by atoms with E-state index in [1.54, 1.807) is 21.7 Å². The summed E-state index contributed by atoms with van der Waals surface area (Å²) < 4.78 is 27.4. The zero-order chi connectivity index (χ0) is 16.4. The van der Waals surface area contributed by atoms with Gasteiger partial charge in [0.1, 0.15) is 0 Å². The van der Waals surface area contributed by atoms with Crippen molar-refractivity contribution in [2.45, 2.75) is 25.3 Å². The molecule has 0 aliphatic carbocycles. The van der Waals surface area contributed by atoms with Crippen molar-refractivity contribution >= 4 is 21.4 Å². The summed E-state index contributed by atoms with van der Waals surface area (Å²) in [7, 11) is -3.39. The number of piperazine rings is 1. The first-order valence-electron chi connectivity index (χ1n) is 7.77. The van der Waals surface area contributed by atoms with Gasteiger partial charge in [-0.15, -0.1) is 0 Å². The highest BCUT2D eigenvalue weighted by Crippen LogP contribution is 2.23. The third-order valence-corrected chi connectivity index (χ3v) is 7.05. The minimum atomic E-state index is -3.39. The second-order valence-electron chi connectivity index (χ2n) is 6.08. The molecular formula is C17H22N2O2S2. The van der Waals surface area contributed by atoms with Crippen molar-refractivity contribution < 1.29 is 8.42 Å². The molecule has 1 saturated heterocycles. The highest BCUT2D eigenvalue weighted by atomic mass is 32.2. The van der Waals surface area contributed by atoms with Gasteiger partial charge in [0.25, 0.3) is 0 Å². The molecule has 0 bridgehead atoms. The van der Waals surface area contributed by atoms with Crippen LogP contribution in [0.3, 0.4) is 0 Å². The van der Waals surface area contributed by atoms with E-state index in [9.17, 15) is 8.42 Å². The summed E-state index contributed by atoms with van der Waals surface area (Å²) in [4.78, 5) is 2.76. The SMILES string of the molecule is Cc1ccc(C)c(S(=O)(=O)N2CCN(Cc3ccsc3)CC2)c1. The third-order valence-electron chi connectivity index (χ3n) is 4.28. The second-order valence-corrected chi connectivity index (χ2v) is 8.77. The predicted molar refractivity (Wildman–Crippen MR) is 94.3 cm³/mol. The first-order chi connectivity index (χ1) is 11.0. The van der Waals surface area contributed by atoms with Crippen LogP contribution in [-0.2, 0) is 16.6 Å². The van der Waals surface area contributed by atoms with Crippen molar-refractivity contribution in [1.29, 1.82) is 0 Å². The standard InChI is InChI=1S/C17H22N2O2S2/c1-14-3-4-15(2)17(11-14)23(20,21)19-8-6-18(7-9-19)12-16-5-10-22-13-16/h3-5,10-11,13H,6-9,12H2,1-2H3. The van der Waals surface area contributed by atoms with E-state index in [1.165, 1.54) is 5.56 Å². The zero-order valence-corrected chi connectivity index (χ0v) is 15.2. The van der Waals surface area contributed by atoms with Gasteiger partial charge in [-0.2, -0.15) is 15.6 Å². The molecule has 124 valence electrons. The number of hydrogen-bond acceptors (Lipinski definition) is 4. The molecule has 0 saturated carbocycles. The molecule has 4 nitrogen and oxygen atoms in total. The Bertz CT molecular complexity index is 762. The molecule has 0 radical (unpaired) electrons. The fraction of sp³-hybridized carbons (Fsp3) is 0.412. The molecule has 1 aromatic heterocycles. The van der Waals surface area contributed by atoms with Crippen LogP contribution in [0.2, 0.25) is 0 Å². The molecule has 1 aliphatic heterocycles. The van der Waals surface area contributed by atoms with Gasteiger partial charge in [-0.25, -0.2) is 8.42 Å². The van der Waals surface area contributed by atoms with Crippen molar-refractivity contribution in [2.75, 3.05) is 26.2 Å². The fourth-order valence-corrected chi connectivity index (χ4v) is 5.28. The maximum Gasteiger partial charge on any atom is 0.243 e. The van der Waals surface area contributed by atoms with E-state index in [0.29, 0.717) is 18.0 Å². The predicted octanol–water partition coefficient (Wildman–Crippen LogP) is 2.87. The van der Waals surface area contributed by atoms with Crippen LogP contribution in [-0.4, -0.2) is 43.8 Å². The lowest BCUT2D eigenvalue weighted by Gasteiger charge is -2.34. The van der Waals surface area contributed by atoms with Gasteiger partial charge in [-0.3, -0.25) is 4.90 Å². The molecule has 0 atom stereocenters. The lowest BCUT2D eigenvalue weighted by atomic mass is 10.2. The van der Waals surface area contributed by atoms with Crippen molar-refractivity contribution in [2.24, 2.45) is 0 Å². The van der Waals surface area contributed by atoms with Gasteiger partial charge in [0.05, 0.1) is 4.90 Å². The third kappa shape index (κ3) is 3.66. The molecule has 1 aliphatic rings. The molecule has 0 spiro atoms. The Hall–Kier alpha value is -1.21. The summed E-state index contributed by atoms with van der Waals surface area (Å²) in [6.45, 7) is 7.36. The van der Waals surface area contributed by atoms with Gasteiger partial charge >= 0.3 is 0 Å². The van der Waals surface area contributed by atoms with Crippen molar-refractivity contribution in [3.63, 3.8) is 0 Å². The number of sulfonamides is 1. The number of thiophene rings is 1. The molecule has 0 amide bonds. The van der Waals surface area contributed by atoms with E-state index < -0.39 is 10.0 Å². The van der Waals surface area contributed by atoms with E-state index in [4.69, 9.17) is 0 Å². The van der Waals surface area contributed by atoms with E-state index in [2.05, 4.69) is 21.7 Å². The Morgan fingerprint density at radius 3 is 2.48 bits per heavy atom. The molecule has 23 heavy (non-hydrogen) atoms. The summed E-state index contributed by atoms with van der Waals surface area (Å²) in [6, 6.07) is 7.74.